The van der Waals surface area contributed by atoms with Crippen LogP contribution in [-0.2, 0) is 13.6 Å². The lowest BCUT2D eigenvalue weighted by Crippen LogP contribution is -2.12. The highest BCUT2D eigenvalue weighted by Gasteiger charge is 2.21. The Morgan fingerprint density at radius 1 is 1.33 bits per heavy atom. The smallest absolute Gasteiger partial charge is 0.251 e. The first-order chi connectivity index (χ1) is 10.1. The monoisotopic (exact) mass is 280 g/mol. The first-order valence-electron chi connectivity index (χ1n) is 6.50. The van der Waals surface area contributed by atoms with Gasteiger partial charge in [-0.25, -0.2) is 14.6 Å². The number of nitrogen functional groups attached to an aromatic ring is 1. The van der Waals surface area contributed by atoms with E-state index in [-0.39, 0.29) is 5.91 Å². The van der Waals surface area contributed by atoms with Crippen molar-refractivity contribution in [3.8, 4) is 11.3 Å². The number of nitrogens with two attached hydrogens (primary N) is 1. The van der Waals surface area contributed by atoms with Crippen molar-refractivity contribution in [3.05, 3.63) is 35.7 Å². The third-order valence-corrected chi connectivity index (χ3v) is 3.72. The van der Waals surface area contributed by atoms with E-state index in [1.54, 1.807) is 11.7 Å². The number of rotatable bonds is 1. The molecule has 0 unspecified atom stereocenters. The zero-order chi connectivity index (χ0) is 14.6. The van der Waals surface area contributed by atoms with E-state index in [1.165, 1.54) is 6.33 Å². The van der Waals surface area contributed by atoms with Crippen LogP contribution in [0, 0.1) is 0 Å². The van der Waals surface area contributed by atoms with E-state index in [0.717, 1.165) is 11.1 Å². The number of benzene rings is 1. The van der Waals surface area contributed by atoms with E-state index in [2.05, 4.69) is 20.4 Å². The molecule has 0 aliphatic carbocycles. The molecule has 3 N–H and O–H groups in total. The van der Waals surface area contributed by atoms with Gasteiger partial charge in [0.25, 0.3) is 5.91 Å². The Kier molecular flexibility index (Phi) is 2.26. The Bertz CT molecular complexity index is 898. The van der Waals surface area contributed by atoms with Crippen LogP contribution in [0.3, 0.4) is 0 Å². The highest BCUT2D eigenvalue weighted by molar-refractivity contribution is 6.02. The van der Waals surface area contributed by atoms with Gasteiger partial charge in [-0.05, 0) is 11.6 Å². The van der Waals surface area contributed by atoms with Crippen molar-refractivity contribution >= 4 is 22.8 Å². The quantitative estimate of drug-likeness (QED) is 0.688. The molecule has 2 aromatic heterocycles. The van der Waals surface area contributed by atoms with Crippen LogP contribution in [0.2, 0.25) is 0 Å². The second kappa shape index (κ2) is 4.02. The Hall–Kier alpha value is -2.96. The van der Waals surface area contributed by atoms with Crippen LogP contribution in [0.25, 0.3) is 22.3 Å². The number of carbonyl (C=O) groups is 1. The molecule has 0 spiro atoms. The van der Waals surface area contributed by atoms with E-state index >= 15 is 0 Å². The molecule has 0 saturated carbocycles. The maximum atomic E-state index is 11.8. The van der Waals surface area contributed by atoms with Crippen LogP contribution in [0.4, 0.5) is 5.82 Å². The van der Waals surface area contributed by atoms with E-state index in [9.17, 15) is 4.79 Å². The van der Waals surface area contributed by atoms with Crippen molar-refractivity contribution in [2.24, 2.45) is 7.05 Å². The summed E-state index contributed by atoms with van der Waals surface area (Å²) in [6.45, 7) is 0.572. The van der Waals surface area contributed by atoms with Gasteiger partial charge < -0.3 is 11.1 Å². The number of amides is 1. The van der Waals surface area contributed by atoms with E-state index in [0.29, 0.717) is 34.7 Å². The molecule has 0 radical (unpaired) electrons. The summed E-state index contributed by atoms with van der Waals surface area (Å²) >= 11 is 0. The molecule has 7 nitrogen and oxygen atoms in total. The Morgan fingerprint density at radius 3 is 3.05 bits per heavy atom. The summed E-state index contributed by atoms with van der Waals surface area (Å²) in [5.41, 5.74) is 9.83. The summed E-state index contributed by atoms with van der Waals surface area (Å²) in [6.07, 6.45) is 1.42. The molecule has 1 amide bonds. The van der Waals surface area contributed by atoms with E-state index in [4.69, 9.17) is 5.73 Å². The Labute approximate surface area is 119 Å². The summed E-state index contributed by atoms with van der Waals surface area (Å²) in [7, 11) is 1.80. The summed E-state index contributed by atoms with van der Waals surface area (Å²) < 4.78 is 1.66. The zero-order valence-corrected chi connectivity index (χ0v) is 11.3. The molecule has 0 bridgehead atoms. The minimum absolute atomic E-state index is 0.0590. The summed E-state index contributed by atoms with van der Waals surface area (Å²) in [5.74, 6) is 0.323. The molecule has 4 rings (SSSR count). The molecule has 1 aliphatic heterocycles. The number of hydrogen-bond donors (Lipinski definition) is 2. The number of nitrogens with zero attached hydrogens (tertiary/aromatic N) is 4. The zero-order valence-electron chi connectivity index (χ0n) is 11.3. The number of anilines is 1. The predicted molar refractivity (Wildman–Crippen MR) is 77.3 cm³/mol. The van der Waals surface area contributed by atoms with Gasteiger partial charge in [-0.2, -0.15) is 5.10 Å². The van der Waals surface area contributed by atoms with Gasteiger partial charge in [0.05, 0.1) is 5.39 Å². The van der Waals surface area contributed by atoms with Gasteiger partial charge in [0, 0.05) is 24.7 Å². The third kappa shape index (κ3) is 1.60. The van der Waals surface area contributed by atoms with Crippen LogP contribution < -0.4 is 11.1 Å². The maximum absolute atomic E-state index is 11.8. The second-order valence-electron chi connectivity index (χ2n) is 4.98. The number of carbonyl (C=O) groups excluding carboxylic acids is 1. The van der Waals surface area contributed by atoms with Crippen molar-refractivity contribution in [2.75, 3.05) is 5.73 Å². The van der Waals surface area contributed by atoms with Gasteiger partial charge in [-0.15, -0.1) is 0 Å². The van der Waals surface area contributed by atoms with Crippen molar-refractivity contribution in [3.63, 3.8) is 0 Å². The van der Waals surface area contributed by atoms with Crippen molar-refractivity contribution < 1.29 is 4.79 Å². The Morgan fingerprint density at radius 2 is 2.19 bits per heavy atom. The molecule has 1 aromatic carbocycles. The van der Waals surface area contributed by atoms with Gasteiger partial charge >= 0.3 is 0 Å². The largest absolute Gasteiger partial charge is 0.383 e. The van der Waals surface area contributed by atoms with Crippen LogP contribution in [0.5, 0.6) is 0 Å². The van der Waals surface area contributed by atoms with Crippen molar-refractivity contribution in [1.29, 1.82) is 0 Å². The number of aromatic nitrogens is 4. The fourth-order valence-electron chi connectivity index (χ4n) is 2.67. The number of aryl methyl sites for hydroxylation is 1. The summed E-state index contributed by atoms with van der Waals surface area (Å²) in [5, 5.41) is 7.98. The van der Waals surface area contributed by atoms with Crippen molar-refractivity contribution in [1.82, 2.24) is 25.1 Å². The normalized spacial score (nSPS) is 13.5. The van der Waals surface area contributed by atoms with Gasteiger partial charge in [-0.3, -0.25) is 4.79 Å². The minimum Gasteiger partial charge on any atom is -0.383 e. The molecule has 0 saturated heterocycles. The lowest BCUT2D eigenvalue weighted by atomic mass is 10.0. The second-order valence-corrected chi connectivity index (χ2v) is 4.98. The van der Waals surface area contributed by atoms with Crippen LogP contribution >= 0.6 is 0 Å². The topological polar surface area (TPSA) is 98.7 Å². The minimum atomic E-state index is -0.0590. The molecule has 3 heterocycles. The fourth-order valence-corrected chi connectivity index (χ4v) is 2.67. The van der Waals surface area contributed by atoms with Crippen LogP contribution in [-0.4, -0.2) is 25.7 Å². The molecule has 3 aromatic rings. The third-order valence-electron chi connectivity index (χ3n) is 3.72. The van der Waals surface area contributed by atoms with Crippen molar-refractivity contribution in [2.45, 2.75) is 6.54 Å². The number of nitrogens with one attached hydrogen (secondary N) is 1. The predicted octanol–water partition coefficient (Wildman–Crippen LogP) is 0.856. The molecule has 1 aliphatic rings. The van der Waals surface area contributed by atoms with Gasteiger partial charge in [0.1, 0.15) is 17.8 Å². The average molecular weight is 280 g/mol. The molecule has 104 valence electrons. The summed E-state index contributed by atoms with van der Waals surface area (Å²) in [6, 6.07) is 5.71. The SMILES string of the molecule is Cn1nc(-c2ccc3c(c2)C(=O)NC3)c2c(N)ncnc21. The molecule has 7 heteroatoms. The molecule has 0 atom stereocenters. The van der Waals surface area contributed by atoms with Gasteiger partial charge in [0.2, 0.25) is 0 Å². The average Bonchev–Trinajstić information content (AvgIpc) is 3.02. The van der Waals surface area contributed by atoms with Crippen LogP contribution in [0.1, 0.15) is 15.9 Å². The fraction of sp³-hybridized carbons (Fsp3) is 0.143. The lowest BCUT2D eigenvalue weighted by Gasteiger charge is -2.02. The highest BCUT2D eigenvalue weighted by Crippen LogP contribution is 2.31. The van der Waals surface area contributed by atoms with Gasteiger partial charge in [-0.1, -0.05) is 12.1 Å². The maximum Gasteiger partial charge on any atom is 0.251 e. The van der Waals surface area contributed by atoms with Gasteiger partial charge in [0.15, 0.2) is 5.65 Å². The number of hydrogen-bond acceptors (Lipinski definition) is 5. The summed E-state index contributed by atoms with van der Waals surface area (Å²) in [4.78, 5) is 20.0. The molecular formula is C14H12N6O. The first-order valence-corrected chi connectivity index (χ1v) is 6.50. The van der Waals surface area contributed by atoms with E-state index < -0.39 is 0 Å². The van der Waals surface area contributed by atoms with E-state index in [1.807, 2.05) is 18.2 Å². The molecule has 21 heavy (non-hydrogen) atoms. The lowest BCUT2D eigenvalue weighted by molar-refractivity contribution is 0.0966. The Balaban J connectivity index is 2.00. The standard InChI is InChI=1S/C14H12N6O/c1-20-13-10(12(15)17-6-18-13)11(19-20)7-2-3-8-5-16-14(21)9(8)4-7/h2-4,6H,5H2,1H3,(H,16,21)(H2,15,17,18). The molecular weight excluding hydrogens is 268 g/mol. The first kappa shape index (κ1) is 11.8. The van der Waals surface area contributed by atoms with Crippen LogP contribution in [0.15, 0.2) is 24.5 Å². The molecule has 0 fully saturated rings. The highest BCUT2D eigenvalue weighted by atomic mass is 16.1. The number of fused-ring (bicyclic) bond motifs is 2.